The van der Waals surface area contributed by atoms with E-state index in [1.807, 2.05) is 30.3 Å². The smallest absolute Gasteiger partial charge is 0.270 e. The van der Waals surface area contributed by atoms with Gasteiger partial charge in [-0.3, -0.25) is 29.4 Å². The highest BCUT2D eigenvalue weighted by Crippen LogP contribution is 2.40. The highest BCUT2D eigenvalue weighted by molar-refractivity contribution is 6.12. The predicted octanol–water partition coefficient (Wildman–Crippen LogP) is 4.82. The number of benzene rings is 3. The van der Waals surface area contributed by atoms with Crippen LogP contribution in [0.4, 0.5) is 17.1 Å². The lowest BCUT2D eigenvalue weighted by Gasteiger charge is -2.31. The van der Waals surface area contributed by atoms with Gasteiger partial charge in [-0.15, -0.1) is 0 Å². The van der Waals surface area contributed by atoms with Crippen LogP contribution in [-0.4, -0.2) is 35.7 Å². The van der Waals surface area contributed by atoms with Gasteiger partial charge in [-0.05, 0) is 67.5 Å². The van der Waals surface area contributed by atoms with Crippen molar-refractivity contribution in [1.82, 2.24) is 5.32 Å². The molecule has 10 heteroatoms. The number of carbonyl (C=O) groups is 3. The van der Waals surface area contributed by atoms with Gasteiger partial charge in [0.15, 0.2) is 0 Å². The van der Waals surface area contributed by atoms with Crippen molar-refractivity contribution in [1.29, 1.82) is 0 Å². The molecular weight excluding hydrogens is 522 g/mol. The molecule has 3 unspecified atom stereocenters. The second-order valence-corrected chi connectivity index (χ2v) is 10.7. The Hall–Kier alpha value is -4.57. The molecule has 0 spiro atoms. The first-order valence-electron chi connectivity index (χ1n) is 13.9. The maximum absolute atomic E-state index is 14.0. The minimum atomic E-state index is -0.675. The first-order valence-corrected chi connectivity index (χ1v) is 13.9. The van der Waals surface area contributed by atoms with E-state index in [0.717, 1.165) is 31.2 Å². The maximum Gasteiger partial charge on any atom is 0.270 e. The third-order valence-electron chi connectivity index (χ3n) is 7.97. The number of fused-ring (bicyclic) bond motifs is 1. The molecule has 1 aliphatic heterocycles. The third-order valence-corrected chi connectivity index (χ3v) is 7.97. The van der Waals surface area contributed by atoms with Crippen molar-refractivity contribution in [3.63, 3.8) is 0 Å². The zero-order valence-electron chi connectivity index (χ0n) is 22.6. The number of nitro benzene ring substituents is 1. The van der Waals surface area contributed by atoms with Crippen molar-refractivity contribution in [3.8, 4) is 0 Å². The van der Waals surface area contributed by atoms with Gasteiger partial charge in [0, 0.05) is 29.8 Å². The largest absolute Gasteiger partial charge is 0.352 e. The summed E-state index contributed by atoms with van der Waals surface area (Å²) < 4.78 is 0. The molecular formula is C31H33N5O5. The summed E-state index contributed by atoms with van der Waals surface area (Å²) in [4.78, 5) is 52.6. The van der Waals surface area contributed by atoms with Crippen LogP contribution < -0.4 is 21.3 Å². The summed E-state index contributed by atoms with van der Waals surface area (Å²) in [6, 6.07) is 18.9. The van der Waals surface area contributed by atoms with Gasteiger partial charge >= 0.3 is 0 Å². The Morgan fingerprint density at radius 1 is 1.00 bits per heavy atom. The number of nitrogens with zero attached hydrogens (tertiary/aromatic N) is 2. The number of carbonyl (C=O) groups excluding carboxylic acids is 3. The standard InChI is InChI=1S/C31H33N5O5/c32-18-20-6-4-7-21(14-20)19-33-30(38)23-12-13-27-26(16-23)34-29(37)17-28(22-8-2-1-3-9-22)35(27)31(39)24-10-5-11-25(15-24)36(40)41/h1-3,5,8-13,15-16,20-21,28H,4,6-7,14,17-19,32H2,(H,33,38)(H,34,37). The van der Waals surface area contributed by atoms with Crippen LogP contribution in [-0.2, 0) is 4.79 Å². The van der Waals surface area contributed by atoms with Gasteiger partial charge in [0.2, 0.25) is 5.91 Å². The number of hydrogen-bond acceptors (Lipinski definition) is 6. The van der Waals surface area contributed by atoms with Gasteiger partial charge in [0.05, 0.1) is 28.8 Å². The molecule has 4 N–H and O–H groups in total. The normalized spacial score (nSPS) is 20.4. The molecule has 10 nitrogen and oxygen atoms in total. The number of anilines is 2. The van der Waals surface area contributed by atoms with Crippen LogP contribution in [0, 0.1) is 22.0 Å². The molecule has 0 radical (unpaired) electrons. The summed E-state index contributed by atoms with van der Waals surface area (Å²) in [6.45, 7) is 1.21. The van der Waals surface area contributed by atoms with Crippen LogP contribution in [0.1, 0.15) is 64.4 Å². The molecule has 0 aromatic heterocycles. The van der Waals surface area contributed by atoms with E-state index in [2.05, 4.69) is 10.6 Å². The first-order chi connectivity index (χ1) is 19.8. The van der Waals surface area contributed by atoms with E-state index in [0.29, 0.717) is 41.9 Å². The zero-order chi connectivity index (χ0) is 28.9. The van der Waals surface area contributed by atoms with E-state index >= 15 is 0 Å². The van der Waals surface area contributed by atoms with E-state index in [9.17, 15) is 24.5 Å². The highest BCUT2D eigenvalue weighted by Gasteiger charge is 2.35. The van der Waals surface area contributed by atoms with Gasteiger partial charge < -0.3 is 16.4 Å². The molecule has 1 aliphatic carbocycles. The molecule has 5 rings (SSSR count). The molecule has 3 aromatic rings. The lowest BCUT2D eigenvalue weighted by atomic mass is 9.81. The number of nitro groups is 1. The number of nitrogens with one attached hydrogen (secondary N) is 2. The van der Waals surface area contributed by atoms with Gasteiger partial charge in [0.25, 0.3) is 17.5 Å². The monoisotopic (exact) mass is 555 g/mol. The second-order valence-electron chi connectivity index (χ2n) is 10.7. The SMILES string of the molecule is NCC1CCCC(CNC(=O)c2ccc3c(c2)NC(=O)CC(c2ccccc2)N3C(=O)c2cccc([N+](=O)[O-])c2)C1. The lowest BCUT2D eigenvalue weighted by molar-refractivity contribution is -0.384. The maximum atomic E-state index is 14.0. The Morgan fingerprint density at radius 2 is 1.78 bits per heavy atom. The molecule has 0 saturated heterocycles. The predicted molar refractivity (Wildman–Crippen MR) is 156 cm³/mol. The molecule has 0 bridgehead atoms. The first kappa shape index (κ1) is 28.0. The molecule has 3 amide bonds. The van der Waals surface area contributed by atoms with Crippen molar-refractivity contribution < 1.29 is 19.3 Å². The second kappa shape index (κ2) is 12.3. The van der Waals surface area contributed by atoms with Crippen LogP contribution in [0.15, 0.2) is 72.8 Å². The van der Waals surface area contributed by atoms with E-state index in [1.165, 1.54) is 29.2 Å². The summed E-state index contributed by atoms with van der Waals surface area (Å²) in [5.74, 6) is -0.222. The molecule has 3 atom stereocenters. The summed E-state index contributed by atoms with van der Waals surface area (Å²) >= 11 is 0. The fourth-order valence-corrected chi connectivity index (χ4v) is 5.85. The summed E-state index contributed by atoms with van der Waals surface area (Å²) in [5.41, 5.74) is 7.58. The van der Waals surface area contributed by atoms with Gasteiger partial charge in [0.1, 0.15) is 0 Å². The number of non-ortho nitro benzene ring substituents is 1. The van der Waals surface area contributed by atoms with Crippen molar-refractivity contribution >= 4 is 34.8 Å². The van der Waals surface area contributed by atoms with E-state index in [-0.39, 0.29) is 29.5 Å². The summed E-state index contributed by atoms with van der Waals surface area (Å²) in [6.07, 6.45) is 4.23. The Bertz CT molecular complexity index is 1460. The zero-order valence-corrected chi connectivity index (χ0v) is 22.6. The summed E-state index contributed by atoms with van der Waals surface area (Å²) in [5, 5.41) is 17.3. The van der Waals surface area contributed by atoms with E-state index in [1.54, 1.807) is 18.2 Å². The average Bonchev–Trinajstić information content (AvgIpc) is 3.15. The van der Waals surface area contributed by atoms with Crippen LogP contribution >= 0.6 is 0 Å². The van der Waals surface area contributed by atoms with Crippen molar-refractivity contribution in [2.45, 2.75) is 38.1 Å². The molecule has 212 valence electrons. The Labute approximate surface area is 238 Å². The average molecular weight is 556 g/mol. The number of rotatable bonds is 7. The Kier molecular flexibility index (Phi) is 8.39. The fraction of sp³-hybridized carbons (Fsp3) is 0.323. The molecule has 1 heterocycles. The minimum Gasteiger partial charge on any atom is -0.352 e. The van der Waals surface area contributed by atoms with E-state index < -0.39 is 16.9 Å². The Morgan fingerprint density at radius 3 is 2.54 bits per heavy atom. The van der Waals surface area contributed by atoms with Crippen LogP contribution in [0.3, 0.4) is 0 Å². The molecule has 1 saturated carbocycles. The third kappa shape index (κ3) is 6.28. The van der Waals surface area contributed by atoms with Gasteiger partial charge in [-0.2, -0.15) is 0 Å². The van der Waals surface area contributed by atoms with Crippen LogP contribution in [0.25, 0.3) is 0 Å². The van der Waals surface area contributed by atoms with E-state index in [4.69, 9.17) is 5.73 Å². The van der Waals surface area contributed by atoms with Crippen molar-refractivity contribution in [2.75, 3.05) is 23.3 Å². The topological polar surface area (TPSA) is 148 Å². The van der Waals surface area contributed by atoms with Crippen molar-refractivity contribution in [3.05, 3.63) is 99.6 Å². The van der Waals surface area contributed by atoms with Gasteiger partial charge in [-0.25, -0.2) is 0 Å². The molecule has 2 aliphatic rings. The minimum absolute atomic E-state index is 0.0368. The lowest BCUT2D eigenvalue weighted by Crippen LogP contribution is -2.35. The molecule has 1 fully saturated rings. The number of hydrogen-bond donors (Lipinski definition) is 3. The van der Waals surface area contributed by atoms with Crippen molar-refractivity contribution in [2.24, 2.45) is 17.6 Å². The molecule has 3 aromatic carbocycles. The Balaban J connectivity index is 1.47. The number of nitrogens with two attached hydrogens (primary N) is 1. The fourth-order valence-electron chi connectivity index (χ4n) is 5.85. The molecule has 41 heavy (non-hydrogen) atoms. The highest BCUT2D eigenvalue weighted by atomic mass is 16.6. The van der Waals surface area contributed by atoms with Gasteiger partial charge in [-0.1, -0.05) is 42.8 Å². The van der Waals surface area contributed by atoms with Crippen LogP contribution in [0.2, 0.25) is 0 Å². The quantitative estimate of drug-likeness (QED) is 0.281. The van der Waals surface area contributed by atoms with Crippen LogP contribution in [0.5, 0.6) is 0 Å². The number of amides is 3. The summed E-state index contributed by atoms with van der Waals surface area (Å²) in [7, 11) is 0.